The molecule has 7 heteroatoms. The highest BCUT2D eigenvalue weighted by Crippen LogP contribution is 2.38. The van der Waals surface area contributed by atoms with Crippen LogP contribution in [0.3, 0.4) is 0 Å². The summed E-state index contributed by atoms with van der Waals surface area (Å²) in [5.41, 5.74) is 1.82. The molecule has 2 aliphatic rings. The van der Waals surface area contributed by atoms with Crippen LogP contribution >= 0.6 is 0 Å². The van der Waals surface area contributed by atoms with Crippen molar-refractivity contribution in [3.63, 3.8) is 0 Å². The third-order valence-electron chi connectivity index (χ3n) is 6.28. The Morgan fingerprint density at radius 1 is 0.968 bits per heavy atom. The molecule has 0 N–H and O–H groups in total. The monoisotopic (exact) mass is 441 g/mol. The minimum absolute atomic E-state index is 0.00939. The number of aryl methyl sites for hydroxylation is 1. The van der Waals surface area contributed by atoms with Gasteiger partial charge in [-0.05, 0) is 57.5 Å². The van der Waals surface area contributed by atoms with Gasteiger partial charge < -0.3 is 4.90 Å². The van der Waals surface area contributed by atoms with E-state index >= 15 is 0 Å². The standard InChI is InChI=1S/C24H31N3O3S/c1-19-11-13-22(14-12-19)31(29,30)26-17-20(2)27(24(26)21-9-5-3-6-10-21)23(28)18-25-15-7-4-8-16-25/h3,5-6,9-14,20,24H,4,7-8,15-18H2,1-2H3/t20-,24-/m1/s1. The van der Waals surface area contributed by atoms with E-state index in [0.717, 1.165) is 37.1 Å². The van der Waals surface area contributed by atoms with Crippen LogP contribution in [0.4, 0.5) is 0 Å². The second-order valence-electron chi connectivity index (χ2n) is 8.66. The van der Waals surface area contributed by atoms with Gasteiger partial charge in [-0.2, -0.15) is 4.31 Å². The van der Waals surface area contributed by atoms with Gasteiger partial charge in [-0.1, -0.05) is 54.4 Å². The molecule has 2 aromatic carbocycles. The van der Waals surface area contributed by atoms with Crippen molar-refractivity contribution in [1.29, 1.82) is 0 Å². The normalized spacial score (nSPS) is 23.2. The van der Waals surface area contributed by atoms with E-state index in [4.69, 9.17) is 0 Å². The zero-order valence-corrected chi connectivity index (χ0v) is 19.1. The van der Waals surface area contributed by atoms with Gasteiger partial charge in [0.1, 0.15) is 6.17 Å². The molecule has 0 bridgehead atoms. The van der Waals surface area contributed by atoms with Crippen molar-refractivity contribution >= 4 is 15.9 Å². The maximum absolute atomic E-state index is 13.6. The van der Waals surface area contributed by atoms with E-state index in [1.54, 1.807) is 17.0 Å². The van der Waals surface area contributed by atoms with Crippen LogP contribution in [-0.4, -0.2) is 60.7 Å². The summed E-state index contributed by atoms with van der Waals surface area (Å²) in [6.07, 6.45) is 2.79. The molecule has 1 amide bonds. The zero-order valence-electron chi connectivity index (χ0n) is 18.3. The van der Waals surface area contributed by atoms with Gasteiger partial charge in [0, 0.05) is 12.6 Å². The Bertz CT molecular complexity index is 1000. The van der Waals surface area contributed by atoms with E-state index in [1.807, 2.05) is 56.3 Å². The Balaban J connectivity index is 1.68. The van der Waals surface area contributed by atoms with E-state index in [-0.39, 0.29) is 23.4 Å². The molecule has 2 aromatic rings. The maximum atomic E-state index is 13.6. The fourth-order valence-electron chi connectivity index (χ4n) is 4.63. The Morgan fingerprint density at radius 3 is 2.26 bits per heavy atom. The first-order chi connectivity index (χ1) is 14.9. The molecule has 2 saturated heterocycles. The van der Waals surface area contributed by atoms with Crippen LogP contribution in [0.2, 0.25) is 0 Å². The van der Waals surface area contributed by atoms with Crippen LogP contribution in [0.25, 0.3) is 0 Å². The lowest BCUT2D eigenvalue weighted by Crippen LogP contribution is -2.45. The predicted molar refractivity (Wildman–Crippen MR) is 121 cm³/mol. The molecule has 2 heterocycles. The quantitative estimate of drug-likeness (QED) is 0.714. The summed E-state index contributed by atoms with van der Waals surface area (Å²) in [6, 6.07) is 16.2. The zero-order chi connectivity index (χ0) is 22.0. The minimum atomic E-state index is -3.76. The number of hydrogen-bond donors (Lipinski definition) is 0. The summed E-state index contributed by atoms with van der Waals surface area (Å²) in [4.78, 5) is 17.7. The lowest BCUT2D eigenvalue weighted by atomic mass is 10.1. The summed E-state index contributed by atoms with van der Waals surface area (Å²) >= 11 is 0. The predicted octanol–water partition coefficient (Wildman–Crippen LogP) is 3.40. The third kappa shape index (κ3) is 4.54. The largest absolute Gasteiger partial charge is 0.317 e. The van der Waals surface area contributed by atoms with E-state index in [1.165, 1.54) is 10.7 Å². The molecule has 166 valence electrons. The molecule has 6 nitrogen and oxygen atoms in total. The lowest BCUT2D eigenvalue weighted by Gasteiger charge is -2.34. The molecule has 0 aromatic heterocycles. The number of benzene rings is 2. The summed E-state index contributed by atoms with van der Waals surface area (Å²) in [5, 5.41) is 0. The van der Waals surface area contributed by atoms with Crippen LogP contribution in [0.5, 0.6) is 0 Å². The van der Waals surface area contributed by atoms with Gasteiger partial charge in [-0.15, -0.1) is 0 Å². The van der Waals surface area contributed by atoms with Crippen molar-refractivity contribution in [2.45, 2.75) is 50.2 Å². The maximum Gasteiger partial charge on any atom is 0.245 e. The molecular formula is C24H31N3O3S. The molecular weight excluding hydrogens is 410 g/mol. The lowest BCUT2D eigenvalue weighted by molar-refractivity contribution is -0.136. The Morgan fingerprint density at radius 2 is 1.61 bits per heavy atom. The molecule has 0 spiro atoms. The summed E-state index contributed by atoms with van der Waals surface area (Å²) in [7, 11) is -3.76. The molecule has 0 aliphatic carbocycles. The van der Waals surface area contributed by atoms with Gasteiger partial charge in [0.15, 0.2) is 0 Å². The number of piperidine rings is 1. The van der Waals surface area contributed by atoms with Crippen molar-refractivity contribution < 1.29 is 13.2 Å². The van der Waals surface area contributed by atoms with Crippen LogP contribution in [-0.2, 0) is 14.8 Å². The number of hydrogen-bond acceptors (Lipinski definition) is 4. The SMILES string of the molecule is Cc1ccc(S(=O)(=O)N2C[C@@H](C)N(C(=O)CN3CCCCC3)[C@@H]2c2ccccc2)cc1. The van der Waals surface area contributed by atoms with Gasteiger partial charge in [0.2, 0.25) is 15.9 Å². The first kappa shape index (κ1) is 22.0. The highest BCUT2D eigenvalue weighted by atomic mass is 32.2. The molecule has 2 atom stereocenters. The van der Waals surface area contributed by atoms with Gasteiger partial charge in [0.05, 0.1) is 11.4 Å². The number of nitrogens with zero attached hydrogens (tertiary/aromatic N) is 3. The van der Waals surface area contributed by atoms with Crippen LogP contribution in [0.1, 0.15) is 43.5 Å². The number of rotatable bonds is 5. The fraction of sp³-hybridized carbons (Fsp3) is 0.458. The summed E-state index contributed by atoms with van der Waals surface area (Å²) < 4.78 is 28.7. The van der Waals surface area contributed by atoms with E-state index in [0.29, 0.717) is 6.54 Å². The number of likely N-dealkylation sites (tertiary alicyclic amines) is 1. The third-order valence-corrected chi connectivity index (χ3v) is 8.11. The van der Waals surface area contributed by atoms with Crippen molar-refractivity contribution in [2.24, 2.45) is 0 Å². The molecule has 0 saturated carbocycles. The highest BCUT2D eigenvalue weighted by Gasteiger charge is 2.47. The van der Waals surface area contributed by atoms with Crippen molar-refractivity contribution in [2.75, 3.05) is 26.2 Å². The Kier molecular flexibility index (Phi) is 6.46. The van der Waals surface area contributed by atoms with Crippen LogP contribution < -0.4 is 0 Å². The molecule has 0 radical (unpaired) electrons. The first-order valence-corrected chi connectivity index (χ1v) is 12.5. The molecule has 31 heavy (non-hydrogen) atoms. The molecule has 0 unspecified atom stereocenters. The number of carbonyl (C=O) groups is 1. The Labute approximate surface area is 185 Å². The van der Waals surface area contributed by atoms with Crippen molar-refractivity contribution in [3.8, 4) is 0 Å². The van der Waals surface area contributed by atoms with Crippen LogP contribution in [0, 0.1) is 6.92 Å². The number of amides is 1. The Hall–Kier alpha value is -2.22. The topological polar surface area (TPSA) is 60.9 Å². The highest BCUT2D eigenvalue weighted by molar-refractivity contribution is 7.89. The second kappa shape index (κ2) is 9.10. The van der Waals surface area contributed by atoms with E-state index in [2.05, 4.69) is 4.90 Å². The van der Waals surface area contributed by atoms with Gasteiger partial charge in [-0.25, -0.2) is 8.42 Å². The van der Waals surface area contributed by atoms with Gasteiger partial charge in [0.25, 0.3) is 0 Å². The average Bonchev–Trinajstić information content (AvgIpc) is 3.13. The van der Waals surface area contributed by atoms with E-state index < -0.39 is 16.2 Å². The molecule has 2 fully saturated rings. The molecule has 4 rings (SSSR count). The second-order valence-corrected chi connectivity index (χ2v) is 10.5. The van der Waals surface area contributed by atoms with Gasteiger partial charge in [-0.3, -0.25) is 9.69 Å². The smallest absolute Gasteiger partial charge is 0.245 e. The van der Waals surface area contributed by atoms with Crippen molar-refractivity contribution in [1.82, 2.24) is 14.1 Å². The average molecular weight is 442 g/mol. The van der Waals surface area contributed by atoms with E-state index in [9.17, 15) is 13.2 Å². The van der Waals surface area contributed by atoms with Crippen molar-refractivity contribution in [3.05, 3.63) is 65.7 Å². The van der Waals surface area contributed by atoms with Gasteiger partial charge >= 0.3 is 0 Å². The first-order valence-electron chi connectivity index (χ1n) is 11.0. The minimum Gasteiger partial charge on any atom is -0.317 e. The van der Waals surface area contributed by atoms with Crippen LogP contribution in [0.15, 0.2) is 59.5 Å². The summed E-state index contributed by atoms with van der Waals surface area (Å²) in [5.74, 6) is -0.00939. The number of carbonyl (C=O) groups excluding carboxylic acids is 1. The fourth-order valence-corrected chi connectivity index (χ4v) is 6.28. The molecule has 2 aliphatic heterocycles. The summed E-state index contributed by atoms with van der Waals surface area (Å²) in [6.45, 7) is 6.34. The number of sulfonamides is 1.